The van der Waals surface area contributed by atoms with Gasteiger partial charge < -0.3 is 15.0 Å². The highest BCUT2D eigenvalue weighted by molar-refractivity contribution is 5.68. The lowest BCUT2D eigenvalue weighted by Gasteiger charge is -2.45. The van der Waals surface area contributed by atoms with E-state index in [-0.39, 0.29) is 6.09 Å². The number of likely N-dealkylation sites (tertiary alicyclic amines) is 1. The molecule has 2 aliphatic rings. The molecule has 0 bridgehead atoms. The van der Waals surface area contributed by atoms with Crippen molar-refractivity contribution in [1.29, 1.82) is 0 Å². The second kappa shape index (κ2) is 6.06. The van der Waals surface area contributed by atoms with E-state index in [1.165, 1.54) is 18.5 Å². The van der Waals surface area contributed by atoms with Crippen molar-refractivity contribution in [2.45, 2.75) is 45.6 Å². The zero-order valence-corrected chi connectivity index (χ0v) is 14.5. The maximum atomic E-state index is 12.2. The van der Waals surface area contributed by atoms with Gasteiger partial charge in [-0.3, -0.25) is 0 Å². The van der Waals surface area contributed by atoms with Crippen molar-refractivity contribution in [3.05, 3.63) is 30.3 Å². The van der Waals surface area contributed by atoms with E-state index in [2.05, 4.69) is 29.6 Å². The molecule has 1 N–H and O–H groups in total. The molecule has 1 aromatic rings. The Bertz CT molecular complexity index is 544. The number of carbonyl (C=O) groups is 1. The van der Waals surface area contributed by atoms with Gasteiger partial charge in [0, 0.05) is 25.3 Å². The van der Waals surface area contributed by atoms with E-state index in [1.807, 2.05) is 31.7 Å². The van der Waals surface area contributed by atoms with Gasteiger partial charge in [-0.05, 0) is 63.5 Å². The number of para-hydroxylation sites is 1. The minimum Gasteiger partial charge on any atom is -0.444 e. The first-order valence-electron chi connectivity index (χ1n) is 8.62. The lowest BCUT2D eigenvalue weighted by Crippen LogP contribution is -2.44. The Kier molecular flexibility index (Phi) is 4.26. The van der Waals surface area contributed by atoms with Crippen molar-refractivity contribution in [2.75, 3.05) is 25.0 Å². The molecule has 4 nitrogen and oxygen atoms in total. The molecule has 126 valence electrons. The van der Waals surface area contributed by atoms with Gasteiger partial charge in [0.1, 0.15) is 5.60 Å². The van der Waals surface area contributed by atoms with Crippen molar-refractivity contribution in [3.63, 3.8) is 0 Å². The molecule has 0 radical (unpaired) electrons. The number of rotatable bonds is 3. The maximum Gasteiger partial charge on any atom is 0.410 e. The summed E-state index contributed by atoms with van der Waals surface area (Å²) < 4.78 is 5.49. The molecule has 0 aromatic heterocycles. The van der Waals surface area contributed by atoms with Gasteiger partial charge in [0.15, 0.2) is 0 Å². The van der Waals surface area contributed by atoms with Crippen molar-refractivity contribution in [2.24, 2.45) is 11.3 Å². The molecule has 0 unspecified atom stereocenters. The van der Waals surface area contributed by atoms with Crippen LogP contribution in [0.2, 0.25) is 0 Å². The minimum atomic E-state index is -0.408. The van der Waals surface area contributed by atoms with Gasteiger partial charge in [-0.25, -0.2) is 4.79 Å². The molecule has 0 atom stereocenters. The van der Waals surface area contributed by atoms with Crippen LogP contribution in [0.15, 0.2) is 30.3 Å². The Hall–Kier alpha value is -1.71. The Morgan fingerprint density at radius 1 is 1.30 bits per heavy atom. The number of benzene rings is 1. The van der Waals surface area contributed by atoms with Gasteiger partial charge in [-0.1, -0.05) is 18.2 Å². The van der Waals surface area contributed by atoms with Crippen LogP contribution in [-0.2, 0) is 4.74 Å². The van der Waals surface area contributed by atoms with Crippen LogP contribution in [0.4, 0.5) is 10.5 Å². The quantitative estimate of drug-likeness (QED) is 0.911. The lowest BCUT2D eigenvalue weighted by molar-refractivity contribution is 0.0195. The first-order valence-corrected chi connectivity index (χ1v) is 8.62. The Morgan fingerprint density at radius 3 is 2.65 bits per heavy atom. The van der Waals surface area contributed by atoms with Crippen LogP contribution in [0.25, 0.3) is 0 Å². The van der Waals surface area contributed by atoms with Crippen LogP contribution in [0.3, 0.4) is 0 Å². The number of amides is 1. The average molecular weight is 316 g/mol. The van der Waals surface area contributed by atoms with Crippen LogP contribution in [0, 0.1) is 11.3 Å². The SMILES string of the molecule is CC(C)(C)OC(=O)N1CCC2(CC(CNc3ccccc3)C2)C1. The largest absolute Gasteiger partial charge is 0.444 e. The van der Waals surface area contributed by atoms with Gasteiger partial charge in [-0.2, -0.15) is 0 Å². The normalized spacial score (nSPS) is 26.9. The monoisotopic (exact) mass is 316 g/mol. The van der Waals surface area contributed by atoms with E-state index in [1.54, 1.807) is 0 Å². The molecule has 1 saturated carbocycles. The zero-order valence-electron chi connectivity index (χ0n) is 14.5. The first-order chi connectivity index (χ1) is 10.9. The fourth-order valence-corrected chi connectivity index (χ4v) is 3.88. The number of carbonyl (C=O) groups excluding carboxylic acids is 1. The summed E-state index contributed by atoms with van der Waals surface area (Å²) in [7, 11) is 0. The van der Waals surface area contributed by atoms with Gasteiger partial charge >= 0.3 is 6.09 Å². The summed E-state index contributed by atoms with van der Waals surface area (Å²) in [5.74, 6) is 0.716. The predicted octanol–water partition coefficient (Wildman–Crippen LogP) is 4.14. The van der Waals surface area contributed by atoms with Gasteiger partial charge in [0.25, 0.3) is 0 Å². The second-order valence-corrected chi connectivity index (χ2v) is 8.17. The van der Waals surface area contributed by atoms with Crippen molar-refractivity contribution in [1.82, 2.24) is 4.90 Å². The summed E-state index contributed by atoms with van der Waals surface area (Å²) in [5, 5.41) is 3.51. The van der Waals surface area contributed by atoms with Gasteiger partial charge in [0.2, 0.25) is 0 Å². The summed E-state index contributed by atoms with van der Waals surface area (Å²) >= 11 is 0. The van der Waals surface area contributed by atoms with Crippen LogP contribution in [0.1, 0.15) is 40.0 Å². The Labute approximate surface area is 139 Å². The van der Waals surface area contributed by atoms with Gasteiger partial charge in [-0.15, -0.1) is 0 Å². The van der Waals surface area contributed by atoms with E-state index in [0.717, 1.165) is 26.1 Å². The molecule has 1 heterocycles. The third kappa shape index (κ3) is 3.98. The summed E-state index contributed by atoms with van der Waals surface area (Å²) in [6.07, 6.45) is 3.40. The summed E-state index contributed by atoms with van der Waals surface area (Å²) in [5.41, 5.74) is 1.13. The average Bonchev–Trinajstić information content (AvgIpc) is 2.89. The van der Waals surface area contributed by atoms with E-state index < -0.39 is 5.60 Å². The molecular formula is C19H28N2O2. The highest BCUT2D eigenvalue weighted by Gasteiger charge is 2.49. The van der Waals surface area contributed by atoms with E-state index in [0.29, 0.717) is 11.3 Å². The Balaban J connectivity index is 1.43. The molecule has 1 saturated heterocycles. The van der Waals surface area contributed by atoms with Crippen molar-refractivity contribution < 1.29 is 9.53 Å². The second-order valence-electron chi connectivity index (χ2n) is 8.17. The lowest BCUT2D eigenvalue weighted by atomic mass is 9.61. The minimum absolute atomic E-state index is 0.153. The number of hydrogen-bond donors (Lipinski definition) is 1. The summed E-state index contributed by atoms with van der Waals surface area (Å²) in [6, 6.07) is 10.4. The number of nitrogens with zero attached hydrogens (tertiary/aromatic N) is 1. The fourth-order valence-electron chi connectivity index (χ4n) is 3.88. The molecule has 23 heavy (non-hydrogen) atoms. The van der Waals surface area contributed by atoms with Crippen LogP contribution in [0.5, 0.6) is 0 Å². The third-order valence-electron chi connectivity index (χ3n) is 4.90. The third-order valence-corrected chi connectivity index (χ3v) is 4.90. The van der Waals surface area contributed by atoms with Crippen molar-refractivity contribution in [3.8, 4) is 0 Å². The van der Waals surface area contributed by atoms with E-state index >= 15 is 0 Å². The molecule has 3 rings (SSSR count). The van der Waals surface area contributed by atoms with Crippen molar-refractivity contribution >= 4 is 11.8 Å². The molecule has 1 aromatic carbocycles. The van der Waals surface area contributed by atoms with Crippen LogP contribution in [-0.4, -0.2) is 36.2 Å². The summed E-state index contributed by atoms with van der Waals surface area (Å²) in [6.45, 7) is 8.50. The number of ether oxygens (including phenoxy) is 1. The molecule has 1 spiro atoms. The number of hydrogen-bond acceptors (Lipinski definition) is 3. The standard InChI is InChI=1S/C19H28N2O2/c1-18(2,3)23-17(22)21-10-9-19(14-21)11-15(12-19)13-20-16-7-5-4-6-8-16/h4-8,15,20H,9-14H2,1-3H3. The van der Waals surface area contributed by atoms with E-state index in [4.69, 9.17) is 4.74 Å². The van der Waals surface area contributed by atoms with Crippen LogP contribution >= 0.6 is 0 Å². The molecule has 2 fully saturated rings. The molecule has 1 amide bonds. The van der Waals surface area contributed by atoms with Crippen LogP contribution < -0.4 is 5.32 Å². The smallest absolute Gasteiger partial charge is 0.410 e. The fraction of sp³-hybridized carbons (Fsp3) is 0.632. The molecule has 1 aliphatic carbocycles. The topological polar surface area (TPSA) is 41.6 Å². The first kappa shape index (κ1) is 16.2. The number of nitrogens with one attached hydrogen (secondary N) is 1. The zero-order chi connectivity index (χ0) is 16.5. The highest BCUT2D eigenvalue weighted by Crippen LogP contribution is 2.51. The van der Waals surface area contributed by atoms with Gasteiger partial charge in [0.05, 0.1) is 0 Å². The molecular weight excluding hydrogens is 288 g/mol. The summed E-state index contributed by atoms with van der Waals surface area (Å²) in [4.78, 5) is 14.1. The predicted molar refractivity (Wildman–Crippen MR) is 92.5 cm³/mol. The van der Waals surface area contributed by atoms with E-state index in [9.17, 15) is 4.79 Å². The highest BCUT2D eigenvalue weighted by atomic mass is 16.6. The Morgan fingerprint density at radius 2 is 2.00 bits per heavy atom. The number of anilines is 1. The molecule has 4 heteroatoms. The molecule has 1 aliphatic heterocycles. The maximum absolute atomic E-state index is 12.2.